The van der Waals surface area contributed by atoms with Gasteiger partial charge < -0.3 is 10.4 Å². The van der Waals surface area contributed by atoms with Gasteiger partial charge in [0, 0.05) is 18.8 Å². The van der Waals surface area contributed by atoms with Crippen molar-refractivity contribution in [3.8, 4) is 5.75 Å². The largest absolute Gasteiger partial charge is 0.508 e. The van der Waals surface area contributed by atoms with E-state index in [4.69, 9.17) is 11.6 Å². The number of carbonyl (C=O) groups is 1. The Morgan fingerprint density at radius 3 is 2.68 bits per heavy atom. The van der Waals surface area contributed by atoms with E-state index in [2.05, 4.69) is 5.32 Å². The van der Waals surface area contributed by atoms with Crippen LogP contribution < -0.4 is 5.32 Å². The Bertz CT molecular complexity index is 789. The minimum absolute atomic E-state index is 0.00648. The average molecular weight is 361 g/mol. The third-order valence-corrected chi connectivity index (χ3v) is 6.21. The molecule has 1 aromatic heterocycles. The molecule has 1 heterocycles. The highest BCUT2D eigenvalue weighted by Crippen LogP contribution is 2.27. The first-order valence-corrected chi connectivity index (χ1v) is 8.73. The standard InChI is InChI=1S/C13H13ClN2O4S2/c1-16(22(19,20)13-6-5-11(14)21-13)8-12(18)15-9-3-2-4-10(17)7-9/h2-7,17H,8H2,1H3,(H,15,18). The number of halogens is 1. The molecule has 0 aliphatic rings. The van der Waals surface area contributed by atoms with Gasteiger partial charge in [-0.3, -0.25) is 4.79 Å². The van der Waals surface area contributed by atoms with Crippen molar-refractivity contribution in [2.45, 2.75) is 4.21 Å². The summed E-state index contributed by atoms with van der Waals surface area (Å²) in [5.41, 5.74) is 0.384. The van der Waals surface area contributed by atoms with Crippen LogP contribution in [0.5, 0.6) is 5.75 Å². The van der Waals surface area contributed by atoms with Crippen LogP contribution in [-0.4, -0.2) is 37.3 Å². The van der Waals surface area contributed by atoms with Gasteiger partial charge in [0.25, 0.3) is 10.0 Å². The first-order valence-electron chi connectivity index (χ1n) is 6.09. The first kappa shape index (κ1) is 16.8. The predicted molar refractivity (Wildman–Crippen MR) is 85.9 cm³/mol. The summed E-state index contributed by atoms with van der Waals surface area (Å²) in [7, 11) is -2.45. The quantitative estimate of drug-likeness (QED) is 0.857. The molecule has 6 nitrogen and oxygen atoms in total. The zero-order chi connectivity index (χ0) is 16.3. The summed E-state index contributed by atoms with van der Waals surface area (Å²) >= 11 is 6.66. The summed E-state index contributed by atoms with van der Waals surface area (Å²) in [6.45, 7) is -0.354. The van der Waals surface area contributed by atoms with Crippen molar-refractivity contribution in [2.24, 2.45) is 0 Å². The summed E-state index contributed by atoms with van der Waals surface area (Å²) < 4.78 is 25.9. The Labute approximate surface area is 137 Å². The number of thiophene rings is 1. The highest BCUT2D eigenvalue weighted by atomic mass is 35.5. The van der Waals surface area contributed by atoms with Crippen molar-refractivity contribution in [2.75, 3.05) is 18.9 Å². The lowest BCUT2D eigenvalue weighted by atomic mass is 10.3. The molecule has 0 spiro atoms. The van der Waals surface area contributed by atoms with Crippen LogP contribution in [0.15, 0.2) is 40.6 Å². The molecule has 22 heavy (non-hydrogen) atoms. The van der Waals surface area contributed by atoms with E-state index in [0.29, 0.717) is 10.0 Å². The van der Waals surface area contributed by atoms with E-state index in [0.717, 1.165) is 15.6 Å². The summed E-state index contributed by atoms with van der Waals surface area (Å²) in [5.74, 6) is -0.508. The fourth-order valence-corrected chi connectivity index (χ4v) is 4.48. The van der Waals surface area contributed by atoms with Gasteiger partial charge in [0.05, 0.1) is 10.9 Å². The smallest absolute Gasteiger partial charge is 0.252 e. The average Bonchev–Trinajstić information content (AvgIpc) is 2.85. The molecule has 0 radical (unpaired) electrons. The normalized spacial score (nSPS) is 11.6. The Hall–Kier alpha value is -1.61. The molecule has 0 saturated heterocycles. The van der Waals surface area contributed by atoms with Gasteiger partial charge in [-0.15, -0.1) is 11.3 Å². The molecule has 2 aromatic rings. The van der Waals surface area contributed by atoms with E-state index < -0.39 is 15.9 Å². The van der Waals surface area contributed by atoms with E-state index in [9.17, 15) is 18.3 Å². The molecule has 2 rings (SSSR count). The van der Waals surface area contributed by atoms with Crippen LogP contribution in [0.4, 0.5) is 5.69 Å². The number of benzene rings is 1. The predicted octanol–water partition coefficient (Wildman–Crippen LogP) is 2.37. The molecule has 0 atom stereocenters. The van der Waals surface area contributed by atoms with Crippen molar-refractivity contribution >= 4 is 44.6 Å². The zero-order valence-electron chi connectivity index (χ0n) is 11.5. The van der Waals surface area contributed by atoms with Gasteiger partial charge in [-0.25, -0.2) is 8.42 Å². The number of aromatic hydroxyl groups is 1. The topological polar surface area (TPSA) is 86.7 Å². The number of nitrogens with one attached hydrogen (secondary N) is 1. The maximum atomic E-state index is 12.2. The molecule has 0 aliphatic carbocycles. The van der Waals surface area contributed by atoms with Crippen molar-refractivity contribution in [3.05, 3.63) is 40.7 Å². The third kappa shape index (κ3) is 3.98. The summed E-state index contributed by atoms with van der Waals surface area (Å²) in [6.07, 6.45) is 0. The van der Waals surface area contributed by atoms with E-state index in [-0.39, 0.29) is 16.5 Å². The lowest BCUT2D eigenvalue weighted by Crippen LogP contribution is -2.34. The molecule has 0 aliphatic heterocycles. The minimum Gasteiger partial charge on any atom is -0.508 e. The second-order valence-electron chi connectivity index (χ2n) is 4.42. The monoisotopic (exact) mass is 360 g/mol. The van der Waals surface area contributed by atoms with Crippen LogP contribution >= 0.6 is 22.9 Å². The van der Waals surface area contributed by atoms with Crippen LogP contribution in [-0.2, 0) is 14.8 Å². The van der Waals surface area contributed by atoms with Crippen molar-refractivity contribution < 1.29 is 18.3 Å². The van der Waals surface area contributed by atoms with Crippen molar-refractivity contribution in [1.29, 1.82) is 0 Å². The fraction of sp³-hybridized carbons (Fsp3) is 0.154. The molecular weight excluding hydrogens is 348 g/mol. The lowest BCUT2D eigenvalue weighted by molar-refractivity contribution is -0.116. The van der Waals surface area contributed by atoms with Crippen molar-refractivity contribution in [1.82, 2.24) is 4.31 Å². The molecule has 1 amide bonds. The maximum absolute atomic E-state index is 12.2. The van der Waals surface area contributed by atoms with Gasteiger partial charge in [-0.05, 0) is 24.3 Å². The number of anilines is 1. The zero-order valence-corrected chi connectivity index (χ0v) is 13.9. The number of nitrogens with zero attached hydrogens (tertiary/aromatic N) is 1. The SMILES string of the molecule is CN(CC(=O)Nc1cccc(O)c1)S(=O)(=O)c1ccc(Cl)s1. The highest BCUT2D eigenvalue weighted by Gasteiger charge is 2.24. The first-order chi connectivity index (χ1) is 10.3. The molecule has 1 aromatic carbocycles. The molecule has 0 fully saturated rings. The highest BCUT2D eigenvalue weighted by molar-refractivity contribution is 7.91. The molecular formula is C13H13ClN2O4S2. The Balaban J connectivity index is 2.05. The van der Waals surface area contributed by atoms with E-state index >= 15 is 0 Å². The molecule has 2 N–H and O–H groups in total. The van der Waals surface area contributed by atoms with Gasteiger partial charge in [0.2, 0.25) is 5.91 Å². The van der Waals surface area contributed by atoms with Crippen LogP contribution in [0.1, 0.15) is 0 Å². The summed E-state index contributed by atoms with van der Waals surface area (Å²) in [5, 5.41) is 11.8. The second-order valence-corrected chi connectivity index (χ2v) is 8.40. The molecule has 0 unspecified atom stereocenters. The lowest BCUT2D eigenvalue weighted by Gasteiger charge is -2.15. The second kappa shape index (κ2) is 6.66. The van der Waals surface area contributed by atoms with Crippen LogP contribution in [0.25, 0.3) is 0 Å². The summed E-state index contributed by atoms with van der Waals surface area (Å²) in [6, 6.07) is 8.87. The van der Waals surface area contributed by atoms with E-state index in [1.165, 1.54) is 31.3 Å². The number of phenols is 1. The number of hydrogen-bond acceptors (Lipinski definition) is 5. The number of sulfonamides is 1. The number of rotatable bonds is 5. The maximum Gasteiger partial charge on any atom is 0.252 e. The number of amides is 1. The van der Waals surface area contributed by atoms with Gasteiger partial charge >= 0.3 is 0 Å². The fourth-order valence-electron chi connectivity index (χ4n) is 1.66. The van der Waals surface area contributed by atoms with Gasteiger partial charge in [-0.1, -0.05) is 17.7 Å². The number of hydrogen-bond donors (Lipinski definition) is 2. The van der Waals surface area contributed by atoms with Gasteiger partial charge in [0.1, 0.15) is 9.96 Å². The van der Waals surface area contributed by atoms with Crippen molar-refractivity contribution in [3.63, 3.8) is 0 Å². The Morgan fingerprint density at radius 1 is 1.36 bits per heavy atom. The summed E-state index contributed by atoms with van der Waals surface area (Å²) in [4.78, 5) is 11.9. The number of likely N-dealkylation sites (N-methyl/N-ethyl adjacent to an activating group) is 1. The van der Waals surface area contributed by atoms with E-state index in [1.54, 1.807) is 12.1 Å². The molecule has 0 saturated carbocycles. The van der Waals surface area contributed by atoms with Crippen LogP contribution in [0.3, 0.4) is 0 Å². The number of phenolic OH excluding ortho intramolecular Hbond substituents is 1. The molecule has 9 heteroatoms. The van der Waals surface area contributed by atoms with Gasteiger partial charge in [-0.2, -0.15) is 4.31 Å². The third-order valence-electron chi connectivity index (χ3n) is 2.71. The molecule has 0 bridgehead atoms. The Kier molecular flexibility index (Phi) is 5.07. The Morgan fingerprint density at radius 2 is 2.09 bits per heavy atom. The van der Waals surface area contributed by atoms with Crippen LogP contribution in [0.2, 0.25) is 4.34 Å². The number of carbonyl (C=O) groups excluding carboxylic acids is 1. The molecule has 118 valence electrons. The van der Waals surface area contributed by atoms with E-state index in [1.807, 2.05) is 0 Å². The van der Waals surface area contributed by atoms with Gasteiger partial charge in [0.15, 0.2) is 0 Å². The van der Waals surface area contributed by atoms with Crippen LogP contribution in [0, 0.1) is 0 Å². The minimum atomic E-state index is -3.76.